The van der Waals surface area contributed by atoms with Gasteiger partial charge in [-0.1, -0.05) is 65.2 Å². The van der Waals surface area contributed by atoms with Crippen LogP contribution in [-0.4, -0.2) is 35.5 Å². The second kappa shape index (κ2) is 14.5. The highest BCUT2D eigenvalue weighted by atomic mass is 16.4. The smallest absolute Gasteiger partial charge is 0.306 e. The predicted octanol–water partition coefficient (Wildman–Crippen LogP) is 4.87. The van der Waals surface area contributed by atoms with Crippen LogP contribution in [-0.2, 0) is 9.59 Å². The van der Waals surface area contributed by atoms with E-state index in [9.17, 15) is 14.7 Å². The van der Waals surface area contributed by atoms with E-state index in [2.05, 4.69) is 13.8 Å². The lowest BCUT2D eigenvalue weighted by molar-refractivity contribution is -0.143. The van der Waals surface area contributed by atoms with Gasteiger partial charge in [0.1, 0.15) is 0 Å². The molecule has 1 atom stereocenters. The first-order chi connectivity index (χ1) is 11.0. The Bertz CT molecular complexity index is 318. The van der Waals surface area contributed by atoms with Crippen molar-refractivity contribution in [1.29, 1.82) is 0 Å². The molecule has 4 heteroatoms. The molecule has 0 heterocycles. The molecule has 0 aromatic heterocycles. The maximum atomic E-state index is 12.0. The van der Waals surface area contributed by atoms with Crippen LogP contribution in [0.15, 0.2) is 0 Å². The second-order valence-electron chi connectivity index (χ2n) is 6.65. The molecule has 0 rings (SSSR count). The number of aliphatic carboxylic acids is 1. The highest BCUT2D eigenvalue weighted by molar-refractivity contribution is 5.76. The molecule has 0 saturated carbocycles. The molecule has 0 spiro atoms. The molecule has 0 aromatic carbocycles. The summed E-state index contributed by atoms with van der Waals surface area (Å²) in [6.07, 6.45) is 12.0. The highest BCUT2D eigenvalue weighted by Crippen LogP contribution is 2.16. The van der Waals surface area contributed by atoms with Crippen LogP contribution in [0.5, 0.6) is 0 Å². The van der Waals surface area contributed by atoms with Crippen LogP contribution in [0.2, 0.25) is 0 Å². The van der Waals surface area contributed by atoms with Crippen LogP contribution in [0, 0.1) is 5.92 Å². The van der Waals surface area contributed by atoms with Crippen molar-refractivity contribution in [2.45, 2.75) is 90.9 Å². The molecule has 0 aliphatic rings. The van der Waals surface area contributed by atoms with E-state index in [1.54, 1.807) is 11.9 Å². The van der Waals surface area contributed by atoms with E-state index in [0.29, 0.717) is 19.4 Å². The molecule has 0 aliphatic heterocycles. The van der Waals surface area contributed by atoms with Crippen molar-refractivity contribution in [3.63, 3.8) is 0 Å². The number of unbranched alkanes of at least 4 members (excludes halogenated alkanes) is 7. The van der Waals surface area contributed by atoms with Crippen LogP contribution in [0.1, 0.15) is 90.9 Å². The first kappa shape index (κ1) is 21.9. The van der Waals surface area contributed by atoms with Crippen LogP contribution >= 0.6 is 0 Å². The van der Waals surface area contributed by atoms with E-state index in [1.165, 1.54) is 25.7 Å². The summed E-state index contributed by atoms with van der Waals surface area (Å²) < 4.78 is 0. The van der Waals surface area contributed by atoms with E-state index in [1.807, 2.05) is 0 Å². The normalized spacial score (nSPS) is 12.1. The number of rotatable bonds is 15. The first-order valence-corrected chi connectivity index (χ1v) is 9.49. The fourth-order valence-electron chi connectivity index (χ4n) is 2.75. The van der Waals surface area contributed by atoms with E-state index in [-0.39, 0.29) is 11.8 Å². The number of carbonyl (C=O) groups excluding carboxylic acids is 1. The lowest BCUT2D eigenvalue weighted by Crippen LogP contribution is -2.30. The Morgan fingerprint density at radius 3 is 2.00 bits per heavy atom. The third-order valence-corrected chi connectivity index (χ3v) is 4.49. The van der Waals surface area contributed by atoms with Crippen LogP contribution in [0.3, 0.4) is 0 Å². The average Bonchev–Trinajstić information content (AvgIpc) is 2.53. The molecular weight excluding hydrogens is 290 g/mol. The van der Waals surface area contributed by atoms with Crippen molar-refractivity contribution >= 4 is 11.9 Å². The summed E-state index contributed by atoms with van der Waals surface area (Å²) >= 11 is 0. The van der Waals surface area contributed by atoms with Gasteiger partial charge in [0.15, 0.2) is 0 Å². The van der Waals surface area contributed by atoms with Crippen molar-refractivity contribution in [2.24, 2.45) is 5.92 Å². The molecule has 0 aliphatic carbocycles. The molecule has 4 nitrogen and oxygen atoms in total. The third kappa shape index (κ3) is 12.1. The Labute approximate surface area is 142 Å². The zero-order valence-corrected chi connectivity index (χ0v) is 15.5. The largest absolute Gasteiger partial charge is 0.481 e. The van der Waals surface area contributed by atoms with Gasteiger partial charge in [-0.15, -0.1) is 0 Å². The summed E-state index contributed by atoms with van der Waals surface area (Å²) in [5.74, 6) is -0.884. The molecule has 0 aromatic rings. The van der Waals surface area contributed by atoms with E-state index < -0.39 is 5.97 Å². The zero-order chi connectivity index (χ0) is 17.5. The summed E-state index contributed by atoms with van der Waals surface area (Å²) in [4.78, 5) is 25.1. The Morgan fingerprint density at radius 2 is 1.43 bits per heavy atom. The summed E-state index contributed by atoms with van der Waals surface area (Å²) in [7, 11) is 1.80. The van der Waals surface area contributed by atoms with Gasteiger partial charge in [0.25, 0.3) is 0 Å². The maximum Gasteiger partial charge on any atom is 0.306 e. The lowest BCUT2D eigenvalue weighted by Gasteiger charge is -2.20. The number of hydrogen-bond acceptors (Lipinski definition) is 2. The standard InChI is InChI=1S/C19H37NO3/c1-4-6-8-10-12-14-18(21)20(3)16-15-17(19(22)23)13-11-9-7-5-2/h17H,4-16H2,1-3H3,(H,22,23). The van der Waals surface area contributed by atoms with E-state index >= 15 is 0 Å². The molecule has 0 radical (unpaired) electrons. The molecule has 136 valence electrons. The van der Waals surface area contributed by atoms with Gasteiger partial charge in [0.2, 0.25) is 5.91 Å². The number of carboxylic acid groups (broad SMARTS) is 1. The Balaban J connectivity index is 3.93. The van der Waals surface area contributed by atoms with Crippen LogP contribution < -0.4 is 0 Å². The van der Waals surface area contributed by atoms with Crippen molar-refractivity contribution in [3.8, 4) is 0 Å². The molecule has 0 saturated heterocycles. The highest BCUT2D eigenvalue weighted by Gasteiger charge is 2.18. The maximum absolute atomic E-state index is 12.0. The van der Waals surface area contributed by atoms with Gasteiger partial charge in [-0.05, 0) is 19.3 Å². The second-order valence-corrected chi connectivity index (χ2v) is 6.65. The van der Waals surface area contributed by atoms with E-state index in [0.717, 1.165) is 38.5 Å². The average molecular weight is 328 g/mol. The number of carboxylic acids is 1. The molecule has 23 heavy (non-hydrogen) atoms. The van der Waals surface area contributed by atoms with Gasteiger partial charge < -0.3 is 10.0 Å². The van der Waals surface area contributed by atoms with Crippen LogP contribution in [0.25, 0.3) is 0 Å². The van der Waals surface area contributed by atoms with Gasteiger partial charge in [-0.25, -0.2) is 0 Å². The molecule has 0 bridgehead atoms. The molecular formula is C19H37NO3. The number of hydrogen-bond donors (Lipinski definition) is 1. The Hall–Kier alpha value is -1.06. The van der Waals surface area contributed by atoms with E-state index in [4.69, 9.17) is 0 Å². The first-order valence-electron chi connectivity index (χ1n) is 9.49. The van der Waals surface area contributed by atoms with Gasteiger partial charge in [-0.2, -0.15) is 0 Å². The summed E-state index contributed by atoms with van der Waals surface area (Å²) in [6, 6.07) is 0. The van der Waals surface area contributed by atoms with Gasteiger partial charge in [0, 0.05) is 20.0 Å². The minimum Gasteiger partial charge on any atom is -0.481 e. The van der Waals surface area contributed by atoms with Gasteiger partial charge in [0.05, 0.1) is 5.92 Å². The zero-order valence-electron chi connectivity index (χ0n) is 15.5. The summed E-state index contributed by atoms with van der Waals surface area (Å²) in [6.45, 7) is 4.89. The minimum absolute atomic E-state index is 0.150. The Kier molecular flexibility index (Phi) is 13.9. The predicted molar refractivity (Wildman–Crippen MR) is 95.5 cm³/mol. The van der Waals surface area contributed by atoms with Gasteiger partial charge >= 0.3 is 5.97 Å². The number of carbonyl (C=O) groups is 2. The molecule has 1 unspecified atom stereocenters. The SMILES string of the molecule is CCCCCCCC(=O)N(C)CCC(CCCCCC)C(=O)O. The summed E-state index contributed by atoms with van der Waals surface area (Å²) in [5.41, 5.74) is 0. The lowest BCUT2D eigenvalue weighted by atomic mass is 9.97. The van der Waals surface area contributed by atoms with Crippen molar-refractivity contribution in [1.82, 2.24) is 4.90 Å². The molecule has 1 N–H and O–H groups in total. The van der Waals surface area contributed by atoms with Crippen LogP contribution in [0.4, 0.5) is 0 Å². The van der Waals surface area contributed by atoms with Crippen molar-refractivity contribution < 1.29 is 14.7 Å². The minimum atomic E-state index is -0.720. The number of amides is 1. The quantitative estimate of drug-likeness (QED) is 0.437. The number of nitrogens with zero attached hydrogens (tertiary/aromatic N) is 1. The summed E-state index contributed by atoms with van der Waals surface area (Å²) in [5, 5.41) is 9.30. The topological polar surface area (TPSA) is 57.6 Å². The monoisotopic (exact) mass is 327 g/mol. The molecule has 0 fully saturated rings. The third-order valence-electron chi connectivity index (χ3n) is 4.49. The fourth-order valence-corrected chi connectivity index (χ4v) is 2.75. The fraction of sp³-hybridized carbons (Fsp3) is 0.895. The Morgan fingerprint density at radius 1 is 0.870 bits per heavy atom. The van der Waals surface area contributed by atoms with Crippen molar-refractivity contribution in [2.75, 3.05) is 13.6 Å². The van der Waals surface area contributed by atoms with Crippen molar-refractivity contribution in [3.05, 3.63) is 0 Å². The van der Waals surface area contributed by atoms with Gasteiger partial charge in [-0.3, -0.25) is 9.59 Å². The molecule has 1 amide bonds.